The molecule has 1 rings (SSSR count). The zero-order chi connectivity index (χ0) is 17.6. The van der Waals surface area contributed by atoms with Crippen LogP contribution in [0.1, 0.15) is 53.9 Å². The topological polar surface area (TPSA) is 78.9 Å². The Bertz CT molecular complexity index is 448. The van der Waals surface area contributed by atoms with Gasteiger partial charge in [-0.15, -0.1) is 0 Å². The highest BCUT2D eigenvalue weighted by Crippen LogP contribution is 2.43. The van der Waals surface area contributed by atoms with Crippen LogP contribution in [0, 0.1) is 11.8 Å². The van der Waals surface area contributed by atoms with Crippen LogP contribution in [-0.4, -0.2) is 41.2 Å². The largest absolute Gasteiger partial charge is 0.394 e. The van der Waals surface area contributed by atoms with Crippen LogP contribution in [0.15, 0.2) is 12.2 Å². The summed E-state index contributed by atoms with van der Waals surface area (Å²) in [6.45, 7) is 9.74. The van der Waals surface area contributed by atoms with E-state index in [0.717, 1.165) is 6.42 Å². The molecule has 0 bridgehead atoms. The maximum absolute atomic E-state index is 12.0. The average Bonchev–Trinajstić information content (AvgIpc) is 3.22. The molecule has 1 aliphatic rings. The Hall–Kier alpha value is -1.20. The number of rotatable bonds is 10. The molecule has 1 fully saturated rings. The Morgan fingerprint density at radius 2 is 2.00 bits per heavy atom. The number of nitrogens with one attached hydrogen (secondary N) is 1. The SMILES string of the molecule is CCC(=O)C[C@H](C)C1O[C@]1(C)/C=C/C(=O)N[C@H](CO)[C@@H](C)CC. The second-order valence-electron chi connectivity index (χ2n) is 6.81. The van der Waals surface area contributed by atoms with Gasteiger partial charge in [0.1, 0.15) is 11.4 Å². The summed E-state index contributed by atoms with van der Waals surface area (Å²) in [5.74, 6) is 0.372. The molecule has 5 heteroatoms. The molecule has 1 amide bonds. The fraction of sp³-hybridized carbons (Fsp3) is 0.778. The van der Waals surface area contributed by atoms with Crippen molar-refractivity contribution in [2.45, 2.75) is 71.6 Å². The molecule has 0 aromatic heterocycles. The maximum atomic E-state index is 12.0. The number of amides is 1. The molecule has 1 saturated heterocycles. The molecule has 1 heterocycles. The number of hydrogen-bond donors (Lipinski definition) is 2. The summed E-state index contributed by atoms with van der Waals surface area (Å²) < 4.78 is 5.69. The Labute approximate surface area is 139 Å². The number of aliphatic hydroxyl groups excluding tert-OH is 1. The summed E-state index contributed by atoms with van der Waals surface area (Å²) >= 11 is 0. The molecule has 132 valence electrons. The van der Waals surface area contributed by atoms with Crippen molar-refractivity contribution in [3.05, 3.63) is 12.2 Å². The average molecular weight is 325 g/mol. The highest BCUT2D eigenvalue weighted by Gasteiger charge is 2.53. The van der Waals surface area contributed by atoms with E-state index in [0.29, 0.717) is 12.8 Å². The number of aliphatic hydroxyl groups is 1. The van der Waals surface area contributed by atoms with Gasteiger partial charge in [0.05, 0.1) is 18.8 Å². The predicted octanol–water partition coefficient (Wildman–Crippen LogP) is 2.23. The highest BCUT2D eigenvalue weighted by atomic mass is 16.6. The van der Waals surface area contributed by atoms with Crippen LogP contribution < -0.4 is 5.32 Å². The van der Waals surface area contributed by atoms with Crippen LogP contribution in [0.4, 0.5) is 0 Å². The van der Waals surface area contributed by atoms with Gasteiger partial charge in [-0.05, 0) is 24.8 Å². The molecule has 0 radical (unpaired) electrons. The first-order chi connectivity index (χ1) is 10.8. The van der Waals surface area contributed by atoms with Gasteiger partial charge in [0.2, 0.25) is 5.91 Å². The summed E-state index contributed by atoms with van der Waals surface area (Å²) in [7, 11) is 0. The Balaban J connectivity index is 2.51. The van der Waals surface area contributed by atoms with Crippen molar-refractivity contribution in [3.8, 4) is 0 Å². The van der Waals surface area contributed by atoms with Crippen LogP contribution in [0.2, 0.25) is 0 Å². The van der Waals surface area contributed by atoms with Crippen LogP contribution in [-0.2, 0) is 14.3 Å². The van der Waals surface area contributed by atoms with Gasteiger partial charge >= 0.3 is 0 Å². The minimum atomic E-state index is -0.476. The van der Waals surface area contributed by atoms with Gasteiger partial charge in [-0.1, -0.05) is 34.1 Å². The number of ether oxygens (including phenoxy) is 1. The van der Waals surface area contributed by atoms with E-state index in [9.17, 15) is 14.7 Å². The van der Waals surface area contributed by atoms with Crippen molar-refractivity contribution in [2.75, 3.05) is 6.61 Å². The number of carbonyl (C=O) groups is 2. The van der Waals surface area contributed by atoms with Crippen molar-refractivity contribution in [1.82, 2.24) is 5.32 Å². The van der Waals surface area contributed by atoms with Crippen molar-refractivity contribution < 1.29 is 19.4 Å². The van der Waals surface area contributed by atoms with Gasteiger partial charge in [0.15, 0.2) is 0 Å². The predicted molar refractivity (Wildman–Crippen MR) is 90.0 cm³/mol. The lowest BCUT2D eigenvalue weighted by Crippen LogP contribution is -2.41. The Morgan fingerprint density at radius 1 is 1.35 bits per heavy atom. The summed E-state index contributed by atoms with van der Waals surface area (Å²) in [5.41, 5.74) is -0.476. The molecule has 1 unspecified atom stereocenters. The molecule has 5 atom stereocenters. The zero-order valence-electron chi connectivity index (χ0n) is 15.0. The van der Waals surface area contributed by atoms with E-state index in [1.807, 2.05) is 34.6 Å². The fourth-order valence-electron chi connectivity index (χ4n) is 2.79. The number of ketones is 1. The summed E-state index contributed by atoms with van der Waals surface area (Å²) in [6.07, 6.45) is 5.15. The lowest BCUT2D eigenvalue weighted by molar-refractivity contribution is -0.120. The third kappa shape index (κ3) is 5.74. The van der Waals surface area contributed by atoms with Crippen molar-refractivity contribution >= 4 is 11.7 Å². The first kappa shape index (κ1) is 19.8. The summed E-state index contributed by atoms with van der Waals surface area (Å²) in [5, 5.41) is 12.2. The van der Waals surface area contributed by atoms with E-state index in [2.05, 4.69) is 5.32 Å². The number of Topliss-reactive ketones (excluding diaryl/α,β-unsaturated/α-hetero) is 1. The maximum Gasteiger partial charge on any atom is 0.244 e. The molecule has 2 N–H and O–H groups in total. The van der Waals surface area contributed by atoms with Crippen LogP contribution in [0.5, 0.6) is 0 Å². The van der Waals surface area contributed by atoms with E-state index in [1.54, 1.807) is 6.08 Å². The van der Waals surface area contributed by atoms with Gasteiger partial charge in [0, 0.05) is 18.9 Å². The van der Waals surface area contributed by atoms with Gasteiger partial charge in [-0.2, -0.15) is 0 Å². The number of epoxide rings is 1. The van der Waals surface area contributed by atoms with E-state index in [1.165, 1.54) is 6.08 Å². The van der Waals surface area contributed by atoms with Crippen molar-refractivity contribution in [1.29, 1.82) is 0 Å². The minimum absolute atomic E-state index is 0.0229. The van der Waals surface area contributed by atoms with E-state index in [4.69, 9.17) is 4.74 Å². The zero-order valence-corrected chi connectivity index (χ0v) is 15.0. The minimum Gasteiger partial charge on any atom is -0.394 e. The Morgan fingerprint density at radius 3 is 2.52 bits per heavy atom. The van der Waals surface area contributed by atoms with Gasteiger partial charge in [-0.3, -0.25) is 9.59 Å². The quantitative estimate of drug-likeness (QED) is 0.477. The summed E-state index contributed by atoms with van der Waals surface area (Å²) in [6, 6.07) is -0.234. The summed E-state index contributed by atoms with van der Waals surface area (Å²) in [4.78, 5) is 23.5. The number of carbonyl (C=O) groups excluding carboxylic acids is 2. The third-order valence-corrected chi connectivity index (χ3v) is 4.77. The smallest absolute Gasteiger partial charge is 0.244 e. The highest BCUT2D eigenvalue weighted by molar-refractivity contribution is 5.88. The molecule has 0 aliphatic carbocycles. The van der Waals surface area contributed by atoms with Gasteiger partial charge in [-0.25, -0.2) is 0 Å². The second-order valence-corrected chi connectivity index (χ2v) is 6.81. The molecular formula is C18H31NO4. The molecular weight excluding hydrogens is 294 g/mol. The lowest BCUT2D eigenvalue weighted by Gasteiger charge is -2.21. The Kier molecular flexibility index (Phi) is 7.42. The standard InChI is InChI=1S/C18H31NO4/c1-6-12(3)15(11-20)19-16(22)8-9-18(5)17(23-18)13(4)10-14(21)7-2/h8-9,12-13,15,17,20H,6-7,10-11H2,1-5H3,(H,19,22)/b9-8+/t12-,13-,15+,17?,18+/m0/s1. The van der Waals surface area contributed by atoms with Crippen LogP contribution >= 0.6 is 0 Å². The first-order valence-electron chi connectivity index (χ1n) is 8.57. The first-order valence-corrected chi connectivity index (χ1v) is 8.57. The van der Waals surface area contributed by atoms with Crippen LogP contribution in [0.3, 0.4) is 0 Å². The molecule has 0 aromatic carbocycles. The van der Waals surface area contributed by atoms with Gasteiger partial charge in [0.25, 0.3) is 0 Å². The van der Waals surface area contributed by atoms with E-state index in [-0.39, 0.29) is 42.3 Å². The van der Waals surface area contributed by atoms with Crippen LogP contribution in [0.25, 0.3) is 0 Å². The third-order valence-electron chi connectivity index (χ3n) is 4.77. The molecule has 0 saturated carbocycles. The van der Waals surface area contributed by atoms with Crippen molar-refractivity contribution in [2.24, 2.45) is 11.8 Å². The second kappa shape index (κ2) is 8.60. The monoisotopic (exact) mass is 325 g/mol. The molecule has 23 heavy (non-hydrogen) atoms. The fourth-order valence-corrected chi connectivity index (χ4v) is 2.79. The van der Waals surface area contributed by atoms with E-state index >= 15 is 0 Å². The molecule has 0 spiro atoms. The van der Waals surface area contributed by atoms with Gasteiger partial charge < -0.3 is 15.2 Å². The van der Waals surface area contributed by atoms with Crippen molar-refractivity contribution in [3.63, 3.8) is 0 Å². The normalized spacial score (nSPS) is 27.5. The molecule has 1 aliphatic heterocycles. The number of hydrogen-bond acceptors (Lipinski definition) is 4. The molecule has 5 nitrogen and oxygen atoms in total. The molecule has 0 aromatic rings. The van der Waals surface area contributed by atoms with E-state index < -0.39 is 5.60 Å². The lowest BCUT2D eigenvalue weighted by atomic mass is 9.92.